The summed E-state index contributed by atoms with van der Waals surface area (Å²) in [5.41, 5.74) is 10.9. The highest BCUT2D eigenvalue weighted by atomic mass is 32.2. The molecule has 0 N–H and O–H groups in total. The van der Waals surface area contributed by atoms with Gasteiger partial charge in [-0.2, -0.15) is 0 Å². The summed E-state index contributed by atoms with van der Waals surface area (Å²) in [6.45, 7) is 24.4. The van der Waals surface area contributed by atoms with Crippen LogP contribution in [0.5, 0.6) is 0 Å². The summed E-state index contributed by atoms with van der Waals surface area (Å²) in [4.78, 5) is 6.29. The smallest absolute Gasteiger partial charge is 0.0369 e. The maximum atomic E-state index is 2.45. The Labute approximate surface area is 225 Å². The standard InChI is InChI=1S/C33H46N2S/c1-10-34(11-2)28-17-14-24(7)30(21-28)33(27-16-19-32(26(9)20-27)36-23(5)6)31-22-29(18-15-25(31)8)35(12-3)13-4/h14-23,33H,10-13H2,1-9H3. The molecule has 36 heavy (non-hydrogen) atoms. The van der Waals surface area contributed by atoms with Crippen LogP contribution in [0.15, 0.2) is 59.5 Å². The molecular formula is C33H46N2S. The normalized spacial score (nSPS) is 11.4. The highest BCUT2D eigenvalue weighted by Gasteiger charge is 2.23. The Bertz CT molecular complexity index is 1080. The van der Waals surface area contributed by atoms with Gasteiger partial charge in [-0.05, 0) is 112 Å². The Morgan fingerprint density at radius 2 is 1.08 bits per heavy atom. The quantitative estimate of drug-likeness (QED) is 0.191. The molecule has 0 radical (unpaired) electrons. The van der Waals surface area contributed by atoms with Crippen LogP contribution >= 0.6 is 11.8 Å². The minimum atomic E-state index is 0.188. The number of aryl methyl sites for hydroxylation is 3. The second-order valence-electron chi connectivity index (χ2n) is 10.1. The van der Waals surface area contributed by atoms with Gasteiger partial charge in [0.25, 0.3) is 0 Å². The van der Waals surface area contributed by atoms with Crippen LogP contribution in [0.4, 0.5) is 11.4 Å². The molecule has 0 amide bonds. The van der Waals surface area contributed by atoms with Crippen molar-refractivity contribution >= 4 is 23.1 Å². The zero-order chi connectivity index (χ0) is 26.4. The van der Waals surface area contributed by atoms with Crippen molar-refractivity contribution in [2.24, 2.45) is 0 Å². The third-order valence-corrected chi connectivity index (χ3v) is 8.48. The van der Waals surface area contributed by atoms with Gasteiger partial charge in [0, 0.05) is 53.6 Å². The Morgan fingerprint density at radius 3 is 1.47 bits per heavy atom. The largest absolute Gasteiger partial charge is 0.372 e. The molecule has 3 aromatic rings. The fraction of sp³-hybridized carbons (Fsp3) is 0.455. The van der Waals surface area contributed by atoms with Crippen LogP contribution in [0.1, 0.15) is 80.8 Å². The first-order valence-corrected chi connectivity index (χ1v) is 14.6. The third kappa shape index (κ3) is 6.29. The number of hydrogen-bond donors (Lipinski definition) is 0. The third-order valence-electron chi connectivity index (χ3n) is 7.30. The summed E-state index contributed by atoms with van der Waals surface area (Å²) in [5.74, 6) is 0.188. The maximum absolute atomic E-state index is 2.45. The Morgan fingerprint density at radius 1 is 0.611 bits per heavy atom. The number of rotatable bonds is 11. The summed E-state index contributed by atoms with van der Waals surface area (Å²) >= 11 is 1.95. The van der Waals surface area contributed by atoms with E-state index in [9.17, 15) is 0 Å². The van der Waals surface area contributed by atoms with Crippen LogP contribution in [-0.2, 0) is 0 Å². The van der Waals surface area contributed by atoms with Crippen LogP contribution in [-0.4, -0.2) is 31.4 Å². The van der Waals surface area contributed by atoms with Gasteiger partial charge in [0.05, 0.1) is 0 Å². The summed E-state index contributed by atoms with van der Waals surface area (Å²) in [6, 6.07) is 21.2. The van der Waals surface area contributed by atoms with Gasteiger partial charge in [-0.3, -0.25) is 0 Å². The second kappa shape index (κ2) is 12.7. The minimum absolute atomic E-state index is 0.188. The zero-order valence-electron chi connectivity index (χ0n) is 24.0. The van der Waals surface area contributed by atoms with E-state index in [2.05, 4.69) is 127 Å². The number of nitrogens with zero attached hydrogens (tertiary/aromatic N) is 2. The van der Waals surface area contributed by atoms with Gasteiger partial charge in [-0.1, -0.05) is 38.1 Å². The van der Waals surface area contributed by atoms with Crippen molar-refractivity contribution in [3.8, 4) is 0 Å². The predicted molar refractivity (Wildman–Crippen MR) is 163 cm³/mol. The van der Waals surface area contributed by atoms with Gasteiger partial charge in [-0.15, -0.1) is 11.8 Å². The minimum Gasteiger partial charge on any atom is -0.372 e. The van der Waals surface area contributed by atoms with E-state index in [0.717, 1.165) is 26.2 Å². The molecular weight excluding hydrogens is 456 g/mol. The fourth-order valence-electron chi connectivity index (χ4n) is 5.21. The van der Waals surface area contributed by atoms with Gasteiger partial charge >= 0.3 is 0 Å². The van der Waals surface area contributed by atoms with Crippen LogP contribution in [0.2, 0.25) is 0 Å². The van der Waals surface area contributed by atoms with E-state index in [4.69, 9.17) is 0 Å². The molecule has 0 aliphatic carbocycles. The molecule has 0 unspecified atom stereocenters. The highest BCUT2D eigenvalue weighted by Crippen LogP contribution is 2.40. The number of hydrogen-bond acceptors (Lipinski definition) is 3. The molecule has 3 rings (SSSR count). The average molecular weight is 503 g/mol. The first-order chi connectivity index (χ1) is 17.2. The predicted octanol–water partition coefficient (Wildman–Crippen LogP) is 8.98. The molecule has 2 nitrogen and oxygen atoms in total. The van der Waals surface area contributed by atoms with E-state index in [-0.39, 0.29) is 5.92 Å². The summed E-state index contributed by atoms with van der Waals surface area (Å²) in [7, 11) is 0. The second-order valence-corrected chi connectivity index (χ2v) is 11.7. The Balaban J connectivity index is 2.27. The molecule has 0 aromatic heterocycles. The maximum Gasteiger partial charge on any atom is 0.0369 e. The van der Waals surface area contributed by atoms with E-state index in [1.165, 1.54) is 49.7 Å². The molecule has 0 fully saturated rings. The number of anilines is 2. The monoisotopic (exact) mass is 502 g/mol. The van der Waals surface area contributed by atoms with Gasteiger partial charge in [-0.25, -0.2) is 0 Å². The van der Waals surface area contributed by atoms with Crippen LogP contribution in [0.25, 0.3) is 0 Å². The first kappa shape index (κ1) is 28.2. The van der Waals surface area contributed by atoms with Gasteiger partial charge in [0.15, 0.2) is 0 Å². The molecule has 194 valence electrons. The van der Waals surface area contributed by atoms with E-state index in [1.54, 1.807) is 0 Å². The lowest BCUT2D eigenvalue weighted by atomic mass is 9.80. The van der Waals surface area contributed by atoms with Crippen LogP contribution < -0.4 is 9.80 Å². The van der Waals surface area contributed by atoms with Crippen molar-refractivity contribution in [2.45, 2.75) is 78.4 Å². The lowest BCUT2D eigenvalue weighted by molar-refractivity contribution is 0.854. The Hall–Kier alpha value is -2.39. The summed E-state index contributed by atoms with van der Waals surface area (Å²) in [6.07, 6.45) is 0. The lowest BCUT2D eigenvalue weighted by Crippen LogP contribution is -2.23. The van der Waals surface area contributed by atoms with Gasteiger partial charge in [0.1, 0.15) is 0 Å². The van der Waals surface area contributed by atoms with Crippen molar-refractivity contribution in [2.75, 3.05) is 36.0 Å². The number of thioether (sulfide) groups is 1. The van der Waals surface area contributed by atoms with Gasteiger partial charge in [0.2, 0.25) is 0 Å². The Kier molecular flexibility index (Phi) is 9.96. The molecule has 0 aliphatic heterocycles. The van der Waals surface area contributed by atoms with E-state index >= 15 is 0 Å². The highest BCUT2D eigenvalue weighted by molar-refractivity contribution is 8.00. The lowest BCUT2D eigenvalue weighted by Gasteiger charge is -2.29. The first-order valence-electron chi connectivity index (χ1n) is 13.7. The summed E-state index contributed by atoms with van der Waals surface area (Å²) in [5, 5.41) is 0.575. The van der Waals surface area contributed by atoms with E-state index in [0.29, 0.717) is 5.25 Å². The molecule has 0 saturated carbocycles. The number of benzene rings is 3. The SMILES string of the molecule is CCN(CC)c1ccc(C)c(C(c2ccc(SC(C)C)c(C)c2)c2cc(N(CC)CC)ccc2C)c1. The molecule has 3 heteroatoms. The molecule has 0 atom stereocenters. The van der Waals surface area contributed by atoms with Crippen molar-refractivity contribution in [3.63, 3.8) is 0 Å². The van der Waals surface area contributed by atoms with Crippen LogP contribution in [0.3, 0.4) is 0 Å². The molecule has 3 aromatic carbocycles. The van der Waals surface area contributed by atoms with Crippen molar-refractivity contribution < 1.29 is 0 Å². The van der Waals surface area contributed by atoms with Crippen molar-refractivity contribution in [1.29, 1.82) is 0 Å². The van der Waals surface area contributed by atoms with Crippen molar-refractivity contribution in [3.05, 3.63) is 88.0 Å². The molecule has 0 saturated heterocycles. The molecule has 0 heterocycles. The molecule has 0 spiro atoms. The molecule has 0 aliphatic rings. The zero-order valence-corrected chi connectivity index (χ0v) is 24.8. The van der Waals surface area contributed by atoms with Crippen molar-refractivity contribution in [1.82, 2.24) is 0 Å². The van der Waals surface area contributed by atoms with E-state index in [1.807, 2.05) is 11.8 Å². The fourth-order valence-corrected chi connectivity index (χ4v) is 6.11. The average Bonchev–Trinajstić information content (AvgIpc) is 2.85. The molecule has 0 bridgehead atoms. The summed E-state index contributed by atoms with van der Waals surface area (Å²) < 4.78 is 0. The van der Waals surface area contributed by atoms with Gasteiger partial charge < -0.3 is 9.80 Å². The topological polar surface area (TPSA) is 6.48 Å². The van der Waals surface area contributed by atoms with Crippen LogP contribution in [0, 0.1) is 20.8 Å². The van der Waals surface area contributed by atoms with E-state index < -0.39 is 0 Å².